The highest BCUT2D eigenvalue weighted by Crippen LogP contribution is 2.37. The lowest BCUT2D eigenvalue weighted by molar-refractivity contribution is -0.137. The third-order valence-corrected chi connectivity index (χ3v) is 4.34. The maximum absolute atomic E-state index is 13.3. The van der Waals surface area contributed by atoms with Gasteiger partial charge in [-0.15, -0.1) is 0 Å². The van der Waals surface area contributed by atoms with Crippen LogP contribution in [-0.2, 0) is 12.7 Å². The molecular weight excluding hydrogens is 408 g/mol. The van der Waals surface area contributed by atoms with Crippen LogP contribution >= 0.6 is 0 Å². The highest BCUT2D eigenvalue weighted by molar-refractivity contribution is 5.87. The molecule has 0 saturated heterocycles. The molecule has 0 aliphatic rings. The predicted molar refractivity (Wildman–Crippen MR) is 99.0 cm³/mol. The number of ether oxygens (including phenoxy) is 2. The second-order valence-corrected chi connectivity index (χ2v) is 6.32. The summed E-state index contributed by atoms with van der Waals surface area (Å²) >= 11 is 0. The molecule has 0 fully saturated rings. The zero-order valence-corrected chi connectivity index (χ0v) is 15.8. The van der Waals surface area contributed by atoms with Gasteiger partial charge in [-0.2, -0.15) is 13.2 Å². The van der Waals surface area contributed by atoms with Crippen molar-refractivity contribution >= 4 is 17.0 Å². The van der Waals surface area contributed by atoms with Crippen molar-refractivity contribution in [1.82, 2.24) is 10.3 Å². The van der Waals surface area contributed by atoms with Crippen LogP contribution in [0.3, 0.4) is 0 Å². The van der Waals surface area contributed by atoms with Gasteiger partial charge in [0.2, 0.25) is 0 Å². The number of nitrogens with zero attached hydrogens (tertiary/aromatic N) is 1. The number of phenolic OH excluding ortho intramolecular Hbond substituents is 1. The molecule has 3 aromatic rings. The minimum absolute atomic E-state index is 0.0246. The average Bonchev–Trinajstić information content (AvgIpc) is 2.69. The van der Waals surface area contributed by atoms with Crippen molar-refractivity contribution in [3.8, 4) is 17.4 Å². The number of rotatable bonds is 4. The Balaban J connectivity index is 1.86. The van der Waals surface area contributed by atoms with Gasteiger partial charge in [-0.3, -0.25) is 0 Å². The number of aromatic hydroxyl groups is 1. The van der Waals surface area contributed by atoms with Gasteiger partial charge < -0.3 is 19.9 Å². The molecule has 0 atom stereocenters. The number of alkyl halides is 3. The number of nitrogens with one attached hydrogen (secondary N) is 1. The van der Waals surface area contributed by atoms with Gasteiger partial charge in [0.15, 0.2) is 5.75 Å². The predicted octanol–water partition coefficient (Wildman–Crippen LogP) is 4.70. The summed E-state index contributed by atoms with van der Waals surface area (Å²) in [7, 11) is 1.23. The van der Waals surface area contributed by atoms with Gasteiger partial charge in [-0.1, -0.05) is 6.07 Å². The number of amides is 1. The quantitative estimate of drug-likeness (QED) is 0.594. The zero-order valence-electron chi connectivity index (χ0n) is 15.8. The molecule has 0 unspecified atom stereocenters. The van der Waals surface area contributed by atoms with Crippen LogP contribution in [0.4, 0.5) is 22.4 Å². The molecule has 1 amide bonds. The molecule has 0 radical (unpaired) electrons. The Labute approximate surface area is 168 Å². The molecule has 10 heteroatoms. The van der Waals surface area contributed by atoms with E-state index in [4.69, 9.17) is 9.47 Å². The molecule has 30 heavy (non-hydrogen) atoms. The Kier molecular flexibility index (Phi) is 5.68. The van der Waals surface area contributed by atoms with E-state index in [0.29, 0.717) is 10.9 Å². The number of methoxy groups -OCH3 is 1. The third-order valence-electron chi connectivity index (χ3n) is 4.34. The molecule has 1 aromatic heterocycles. The Morgan fingerprint density at radius 3 is 2.60 bits per heavy atom. The molecule has 2 N–H and O–H groups in total. The number of carbonyl (C=O) groups excluding carboxylic acids is 1. The second kappa shape index (κ2) is 8.05. The fraction of sp³-hybridized carbons (Fsp3) is 0.200. The van der Waals surface area contributed by atoms with Crippen LogP contribution in [0.25, 0.3) is 10.9 Å². The Morgan fingerprint density at radius 1 is 1.20 bits per heavy atom. The minimum Gasteiger partial charge on any atom is -0.508 e. The summed E-state index contributed by atoms with van der Waals surface area (Å²) in [6, 6.07) is 6.28. The van der Waals surface area contributed by atoms with E-state index in [1.165, 1.54) is 13.2 Å². The summed E-state index contributed by atoms with van der Waals surface area (Å²) in [4.78, 5) is 16.2. The number of halogens is 4. The van der Waals surface area contributed by atoms with Gasteiger partial charge >= 0.3 is 12.3 Å². The monoisotopic (exact) mass is 424 g/mol. The normalized spacial score (nSPS) is 11.4. The summed E-state index contributed by atoms with van der Waals surface area (Å²) in [6.07, 6.45) is -5.48. The minimum atomic E-state index is -4.53. The van der Waals surface area contributed by atoms with Crippen molar-refractivity contribution in [3.63, 3.8) is 0 Å². The number of aryl methyl sites for hydroxylation is 1. The third kappa shape index (κ3) is 4.37. The lowest BCUT2D eigenvalue weighted by Gasteiger charge is -2.15. The first-order valence-corrected chi connectivity index (χ1v) is 8.58. The van der Waals surface area contributed by atoms with Crippen LogP contribution in [0.1, 0.15) is 16.7 Å². The molecule has 0 aliphatic heterocycles. The molecule has 3 rings (SSSR count). The number of aromatic nitrogens is 1. The van der Waals surface area contributed by atoms with E-state index in [1.54, 1.807) is 6.92 Å². The fourth-order valence-corrected chi connectivity index (χ4v) is 2.81. The molecular formula is C20H16F4N2O4. The lowest BCUT2D eigenvalue weighted by Crippen LogP contribution is -2.27. The van der Waals surface area contributed by atoms with Gasteiger partial charge in [0, 0.05) is 23.1 Å². The van der Waals surface area contributed by atoms with Gasteiger partial charge in [-0.05, 0) is 37.3 Å². The number of hydrogen-bond donors (Lipinski definition) is 2. The molecule has 0 spiro atoms. The maximum Gasteiger partial charge on any atom is 0.416 e. The van der Waals surface area contributed by atoms with Gasteiger partial charge in [0.05, 0.1) is 18.2 Å². The van der Waals surface area contributed by atoms with Crippen LogP contribution < -0.4 is 14.8 Å². The van der Waals surface area contributed by atoms with Crippen molar-refractivity contribution in [2.45, 2.75) is 19.6 Å². The summed E-state index contributed by atoms with van der Waals surface area (Å²) in [5.41, 5.74) is -0.372. The van der Waals surface area contributed by atoms with Crippen molar-refractivity contribution in [2.24, 2.45) is 0 Å². The standard InChI is InChI=1S/C20H16F4N2O4/c1-10-14-5-3-12(20(22,23)24)8-15(14)26-18(29-2)17(10)30-19(28)25-9-11-7-13(21)4-6-16(11)27/h3-8,27H,9H2,1-2H3,(H,25,28). The SMILES string of the molecule is COc1nc2cc(C(F)(F)F)ccc2c(C)c1OC(=O)NCc1cc(F)ccc1O. The van der Waals surface area contributed by atoms with Crippen LogP contribution in [0.5, 0.6) is 17.4 Å². The largest absolute Gasteiger partial charge is 0.508 e. The molecule has 6 nitrogen and oxygen atoms in total. The van der Waals surface area contributed by atoms with Crippen molar-refractivity contribution in [1.29, 1.82) is 0 Å². The number of pyridine rings is 1. The van der Waals surface area contributed by atoms with E-state index in [2.05, 4.69) is 10.3 Å². The topological polar surface area (TPSA) is 80.7 Å². The van der Waals surface area contributed by atoms with E-state index in [9.17, 15) is 27.5 Å². The summed E-state index contributed by atoms with van der Waals surface area (Å²) in [5.74, 6) is -1.06. The van der Waals surface area contributed by atoms with Crippen LogP contribution in [0.15, 0.2) is 36.4 Å². The van der Waals surface area contributed by atoms with Gasteiger partial charge in [0.1, 0.15) is 11.6 Å². The first-order chi connectivity index (χ1) is 14.1. The lowest BCUT2D eigenvalue weighted by atomic mass is 10.1. The van der Waals surface area contributed by atoms with Gasteiger partial charge in [0.25, 0.3) is 5.88 Å². The van der Waals surface area contributed by atoms with Crippen LogP contribution in [0, 0.1) is 12.7 Å². The van der Waals surface area contributed by atoms with Crippen LogP contribution in [0.2, 0.25) is 0 Å². The molecule has 2 aromatic carbocycles. The first-order valence-electron chi connectivity index (χ1n) is 8.58. The first kappa shape index (κ1) is 21.2. The van der Waals surface area contributed by atoms with Crippen molar-refractivity contribution < 1.29 is 36.9 Å². The van der Waals surface area contributed by atoms with Crippen molar-refractivity contribution in [3.05, 3.63) is 58.9 Å². The van der Waals surface area contributed by atoms with E-state index < -0.39 is 23.7 Å². The molecule has 0 bridgehead atoms. The number of fused-ring (bicyclic) bond motifs is 1. The zero-order chi connectivity index (χ0) is 22.1. The van der Waals surface area contributed by atoms with E-state index in [-0.39, 0.29) is 35.0 Å². The smallest absolute Gasteiger partial charge is 0.416 e. The second-order valence-electron chi connectivity index (χ2n) is 6.32. The molecule has 0 saturated carbocycles. The molecule has 1 heterocycles. The van der Waals surface area contributed by atoms with E-state index >= 15 is 0 Å². The Hall–Kier alpha value is -3.56. The molecule has 0 aliphatic carbocycles. The average molecular weight is 424 g/mol. The summed E-state index contributed by atoms with van der Waals surface area (Å²) in [6.45, 7) is 1.32. The van der Waals surface area contributed by atoms with E-state index in [0.717, 1.165) is 30.3 Å². The van der Waals surface area contributed by atoms with E-state index in [1.807, 2.05) is 0 Å². The summed E-state index contributed by atoms with van der Waals surface area (Å²) < 4.78 is 62.4. The number of hydrogen-bond acceptors (Lipinski definition) is 5. The number of benzene rings is 2. The fourth-order valence-electron chi connectivity index (χ4n) is 2.81. The highest BCUT2D eigenvalue weighted by atomic mass is 19.4. The Bertz CT molecular complexity index is 1120. The highest BCUT2D eigenvalue weighted by Gasteiger charge is 2.31. The Morgan fingerprint density at radius 2 is 1.93 bits per heavy atom. The molecule has 158 valence electrons. The maximum atomic E-state index is 13.3. The van der Waals surface area contributed by atoms with Gasteiger partial charge in [-0.25, -0.2) is 14.2 Å². The summed E-state index contributed by atoms with van der Waals surface area (Å²) in [5, 5.41) is 12.4. The van der Waals surface area contributed by atoms with Crippen LogP contribution in [-0.4, -0.2) is 23.3 Å². The van der Waals surface area contributed by atoms with Crippen molar-refractivity contribution in [2.75, 3.05) is 7.11 Å². The number of carbonyl (C=O) groups is 1. The number of phenols is 1.